The molecule has 0 bridgehead atoms. The highest BCUT2D eigenvalue weighted by Gasteiger charge is 2.19. The quantitative estimate of drug-likeness (QED) is 0.832. The molecule has 0 heterocycles. The van der Waals surface area contributed by atoms with Gasteiger partial charge in [0.25, 0.3) is 0 Å². The number of fused-ring (bicyclic) bond motifs is 1. The van der Waals surface area contributed by atoms with E-state index in [1.165, 1.54) is 43.2 Å². The maximum absolute atomic E-state index is 6.08. The number of aryl methyl sites for hydroxylation is 1. The van der Waals surface area contributed by atoms with Crippen LogP contribution in [-0.2, 0) is 6.42 Å². The highest BCUT2D eigenvalue weighted by Crippen LogP contribution is 2.32. The summed E-state index contributed by atoms with van der Waals surface area (Å²) >= 11 is 0. The van der Waals surface area contributed by atoms with Crippen LogP contribution in [0.3, 0.4) is 0 Å². The maximum Gasteiger partial charge on any atom is 0.120 e. The average Bonchev–Trinajstić information content (AvgIpc) is 2.47. The minimum absolute atomic E-state index is 0.274. The van der Waals surface area contributed by atoms with Gasteiger partial charge in [0, 0.05) is 6.04 Å². The highest BCUT2D eigenvalue weighted by atomic mass is 16.5. The van der Waals surface area contributed by atoms with Gasteiger partial charge >= 0.3 is 0 Å². The molecular weight excluding hydrogens is 234 g/mol. The van der Waals surface area contributed by atoms with Crippen molar-refractivity contribution in [2.24, 2.45) is 0 Å². The Balaban J connectivity index is 1.77. The molecule has 102 valence electrons. The van der Waals surface area contributed by atoms with E-state index in [-0.39, 0.29) is 6.10 Å². The van der Waals surface area contributed by atoms with Crippen molar-refractivity contribution in [3.8, 4) is 5.75 Å². The molecule has 0 saturated carbocycles. The number of allylic oxidation sites excluding steroid dienone is 1. The number of hydrogen-bond donors (Lipinski definition) is 1. The van der Waals surface area contributed by atoms with Crippen LogP contribution in [0.4, 0.5) is 0 Å². The van der Waals surface area contributed by atoms with Crippen LogP contribution < -0.4 is 10.1 Å². The third-order valence-electron chi connectivity index (χ3n) is 4.27. The number of benzene rings is 1. The molecule has 0 radical (unpaired) electrons. The van der Waals surface area contributed by atoms with Gasteiger partial charge in [-0.2, -0.15) is 0 Å². The third kappa shape index (κ3) is 2.84. The average molecular weight is 257 g/mol. The highest BCUT2D eigenvalue weighted by molar-refractivity contribution is 5.39. The van der Waals surface area contributed by atoms with Crippen LogP contribution in [0.5, 0.6) is 5.75 Å². The third-order valence-corrected chi connectivity index (χ3v) is 4.27. The van der Waals surface area contributed by atoms with Gasteiger partial charge in [0.1, 0.15) is 11.9 Å². The lowest BCUT2D eigenvalue weighted by atomic mass is 9.87. The lowest BCUT2D eigenvalue weighted by molar-refractivity contribution is 0.229. The first kappa shape index (κ1) is 12.7. The van der Waals surface area contributed by atoms with Gasteiger partial charge < -0.3 is 10.1 Å². The van der Waals surface area contributed by atoms with Crippen molar-refractivity contribution in [1.29, 1.82) is 0 Å². The number of nitrogens with one attached hydrogen (secondary N) is 1. The minimum atomic E-state index is 0.274. The zero-order valence-corrected chi connectivity index (χ0v) is 11.7. The van der Waals surface area contributed by atoms with Crippen molar-refractivity contribution in [2.75, 3.05) is 7.05 Å². The van der Waals surface area contributed by atoms with Crippen LogP contribution in [0.25, 0.3) is 0 Å². The first-order chi connectivity index (χ1) is 9.36. The van der Waals surface area contributed by atoms with Crippen LogP contribution in [-0.4, -0.2) is 13.2 Å². The summed E-state index contributed by atoms with van der Waals surface area (Å²) in [4.78, 5) is 0. The first-order valence-corrected chi connectivity index (χ1v) is 7.50. The lowest BCUT2D eigenvalue weighted by Gasteiger charge is -2.26. The Labute approximate surface area is 115 Å². The molecule has 3 rings (SSSR count). The predicted octanol–water partition coefficient (Wildman–Crippen LogP) is 3.77. The molecule has 0 saturated heterocycles. The second-order valence-electron chi connectivity index (χ2n) is 5.61. The second kappa shape index (κ2) is 5.79. The fraction of sp³-hybridized carbons (Fsp3) is 0.529. The molecule has 1 aromatic rings. The van der Waals surface area contributed by atoms with Gasteiger partial charge in [0.05, 0.1) is 0 Å². The van der Waals surface area contributed by atoms with Gasteiger partial charge in [0.15, 0.2) is 0 Å². The molecular formula is C17H23NO. The molecule has 0 amide bonds. The van der Waals surface area contributed by atoms with Crippen molar-refractivity contribution in [1.82, 2.24) is 5.32 Å². The molecule has 2 aliphatic rings. The Morgan fingerprint density at radius 3 is 2.95 bits per heavy atom. The summed E-state index contributed by atoms with van der Waals surface area (Å²) in [6, 6.07) is 7.16. The molecule has 0 spiro atoms. The molecule has 2 nitrogen and oxygen atoms in total. The van der Waals surface area contributed by atoms with E-state index in [9.17, 15) is 0 Å². The Morgan fingerprint density at radius 1 is 1.21 bits per heavy atom. The van der Waals surface area contributed by atoms with E-state index in [0.29, 0.717) is 6.04 Å². The van der Waals surface area contributed by atoms with Gasteiger partial charge in [-0.15, -0.1) is 0 Å². The standard InChI is InChI=1S/C17H23NO/c1-18-17-9-5-6-13-12-15(10-11-16(13)17)19-14-7-3-2-4-8-14/h3,7,10-12,14,17-18H,2,4-6,8-9H2,1H3. The molecule has 2 atom stereocenters. The molecule has 2 heteroatoms. The summed E-state index contributed by atoms with van der Waals surface area (Å²) < 4.78 is 6.08. The summed E-state index contributed by atoms with van der Waals surface area (Å²) in [5.41, 5.74) is 2.92. The predicted molar refractivity (Wildman–Crippen MR) is 78.6 cm³/mol. The first-order valence-electron chi connectivity index (χ1n) is 7.50. The van der Waals surface area contributed by atoms with Crippen molar-refractivity contribution in [3.05, 3.63) is 41.5 Å². The van der Waals surface area contributed by atoms with Crippen LogP contribution in [0.1, 0.15) is 49.3 Å². The summed E-state index contributed by atoms with van der Waals surface area (Å²) in [7, 11) is 2.05. The van der Waals surface area contributed by atoms with E-state index in [1.54, 1.807) is 0 Å². The summed E-state index contributed by atoms with van der Waals surface area (Å²) in [6.45, 7) is 0. The molecule has 19 heavy (non-hydrogen) atoms. The Kier molecular flexibility index (Phi) is 3.88. The van der Waals surface area contributed by atoms with Gasteiger partial charge in [-0.1, -0.05) is 12.1 Å². The number of hydrogen-bond acceptors (Lipinski definition) is 2. The van der Waals surface area contributed by atoms with Gasteiger partial charge in [-0.05, 0) is 74.9 Å². The van der Waals surface area contributed by atoms with Gasteiger partial charge in [-0.3, -0.25) is 0 Å². The second-order valence-corrected chi connectivity index (χ2v) is 5.61. The Morgan fingerprint density at radius 2 is 2.16 bits per heavy atom. The monoisotopic (exact) mass is 257 g/mol. The van der Waals surface area contributed by atoms with Crippen molar-refractivity contribution >= 4 is 0 Å². The van der Waals surface area contributed by atoms with E-state index in [2.05, 4.69) is 42.7 Å². The molecule has 0 fully saturated rings. The maximum atomic E-state index is 6.08. The van der Waals surface area contributed by atoms with Crippen molar-refractivity contribution < 1.29 is 4.74 Å². The molecule has 0 aromatic heterocycles. The van der Waals surface area contributed by atoms with Gasteiger partial charge in [-0.25, -0.2) is 0 Å². The zero-order valence-electron chi connectivity index (χ0n) is 11.7. The van der Waals surface area contributed by atoms with Gasteiger partial charge in [0.2, 0.25) is 0 Å². The molecule has 2 unspecified atom stereocenters. The lowest BCUT2D eigenvalue weighted by Crippen LogP contribution is -2.22. The largest absolute Gasteiger partial charge is 0.486 e. The fourth-order valence-corrected chi connectivity index (χ4v) is 3.22. The number of rotatable bonds is 3. The Bertz CT molecular complexity index is 466. The van der Waals surface area contributed by atoms with E-state index in [4.69, 9.17) is 4.74 Å². The topological polar surface area (TPSA) is 21.3 Å². The van der Waals surface area contributed by atoms with Crippen LogP contribution in [0, 0.1) is 0 Å². The van der Waals surface area contributed by atoms with Crippen LogP contribution in [0.2, 0.25) is 0 Å². The van der Waals surface area contributed by atoms with E-state index in [0.717, 1.165) is 12.2 Å². The zero-order chi connectivity index (χ0) is 13.1. The van der Waals surface area contributed by atoms with Crippen LogP contribution in [0.15, 0.2) is 30.4 Å². The fourth-order valence-electron chi connectivity index (χ4n) is 3.22. The van der Waals surface area contributed by atoms with E-state index >= 15 is 0 Å². The molecule has 0 aliphatic heterocycles. The SMILES string of the molecule is CNC1CCCc2cc(OC3C=CCCC3)ccc21. The Hall–Kier alpha value is -1.28. The number of ether oxygens (including phenoxy) is 1. The molecule has 1 aromatic carbocycles. The summed E-state index contributed by atoms with van der Waals surface area (Å²) in [5, 5.41) is 3.41. The van der Waals surface area contributed by atoms with Crippen LogP contribution >= 0.6 is 0 Å². The summed E-state index contributed by atoms with van der Waals surface area (Å²) in [6.07, 6.45) is 12.0. The van der Waals surface area contributed by atoms with E-state index < -0.39 is 0 Å². The smallest absolute Gasteiger partial charge is 0.120 e. The summed E-state index contributed by atoms with van der Waals surface area (Å²) in [5.74, 6) is 1.03. The van der Waals surface area contributed by atoms with Crippen molar-refractivity contribution in [2.45, 2.75) is 50.7 Å². The minimum Gasteiger partial charge on any atom is -0.486 e. The van der Waals surface area contributed by atoms with E-state index in [1.807, 2.05) is 0 Å². The van der Waals surface area contributed by atoms with Crippen molar-refractivity contribution in [3.63, 3.8) is 0 Å². The molecule has 1 N–H and O–H groups in total. The normalized spacial score (nSPS) is 25.9. The molecule has 2 aliphatic carbocycles.